The van der Waals surface area contributed by atoms with Gasteiger partial charge in [0, 0.05) is 49.4 Å². The highest BCUT2D eigenvalue weighted by Crippen LogP contribution is 2.36. The Labute approximate surface area is 214 Å². The molecule has 0 unspecified atom stereocenters. The third kappa shape index (κ3) is 5.17. The number of halogens is 2. The lowest BCUT2D eigenvalue weighted by Crippen LogP contribution is -2.56. The van der Waals surface area contributed by atoms with Gasteiger partial charge in [0.25, 0.3) is 5.91 Å². The number of urea groups is 1. The first-order chi connectivity index (χ1) is 17.3. The summed E-state index contributed by atoms with van der Waals surface area (Å²) in [6, 6.07) is 10.5. The van der Waals surface area contributed by atoms with Crippen molar-refractivity contribution in [2.45, 2.75) is 50.7 Å². The number of likely N-dealkylation sites (tertiary alicyclic amines) is 1. The van der Waals surface area contributed by atoms with E-state index in [-0.39, 0.29) is 30.7 Å². The van der Waals surface area contributed by atoms with Crippen LogP contribution in [0.5, 0.6) is 0 Å². The number of rotatable bonds is 6. The Morgan fingerprint density at radius 1 is 1.17 bits per heavy atom. The number of carbonyl (C=O) groups is 3. The van der Waals surface area contributed by atoms with Gasteiger partial charge in [-0.1, -0.05) is 18.5 Å². The highest BCUT2D eigenvalue weighted by Gasteiger charge is 2.52. The van der Waals surface area contributed by atoms with Crippen LogP contribution in [0.1, 0.15) is 39.0 Å². The monoisotopic (exact) mass is 516 g/mol. The SMILES string of the molecule is CC[C@]1(C(=O)Nc2ccc(N3CCCCC3=O)cc2F)C[C@@H](OC)CN1C(=O)Nc1ccc(Cl)cc1. The molecule has 2 heterocycles. The highest BCUT2D eigenvalue weighted by atomic mass is 35.5. The zero-order chi connectivity index (χ0) is 25.9. The normalized spacial score (nSPS) is 22.0. The minimum absolute atomic E-state index is 0.0139. The highest BCUT2D eigenvalue weighted by molar-refractivity contribution is 6.30. The van der Waals surface area contributed by atoms with Gasteiger partial charge in [0.05, 0.1) is 11.8 Å². The predicted molar refractivity (Wildman–Crippen MR) is 137 cm³/mol. The number of anilines is 3. The van der Waals surface area contributed by atoms with Crippen molar-refractivity contribution in [1.82, 2.24) is 4.90 Å². The molecule has 10 heteroatoms. The van der Waals surface area contributed by atoms with E-state index in [1.54, 1.807) is 35.2 Å². The molecule has 0 saturated carbocycles. The summed E-state index contributed by atoms with van der Waals surface area (Å²) in [7, 11) is 1.53. The lowest BCUT2D eigenvalue weighted by atomic mass is 9.90. The van der Waals surface area contributed by atoms with Gasteiger partial charge in [-0.2, -0.15) is 0 Å². The minimum Gasteiger partial charge on any atom is -0.380 e. The summed E-state index contributed by atoms with van der Waals surface area (Å²) in [5.41, 5.74) is -0.264. The molecular weight excluding hydrogens is 487 g/mol. The van der Waals surface area contributed by atoms with Crippen LogP contribution >= 0.6 is 11.6 Å². The lowest BCUT2D eigenvalue weighted by molar-refractivity contribution is -0.125. The molecule has 2 aromatic carbocycles. The Kier molecular flexibility index (Phi) is 7.80. The average Bonchev–Trinajstić information content (AvgIpc) is 3.27. The first-order valence-corrected chi connectivity index (χ1v) is 12.4. The van der Waals surface area contributed by atoms with E-state index in [4.69, 9.17) is 16.3 Å². The molecule has 4 rings (SSSR count). The number of methoxy groups -OCH3 is 1. The van der Waals surface area contributed by atoms with E-state index in [1.165, 1.54) is 24.1 Å². The standard InChI is InChI=1S/C26H30ClFN4O4/c1-3-26(15-20(36-2)16-32(26)25(35)29-18-9-7-17(27)8-10-18)24(34)30-22-12-11-19(14-21(22)28)31-13-5-4-6-23(31)33/h7-12,14,20H,3-6,13,15-16H2,1-2H3,(H,29,35)(H,30,34)/t20-,26-/m1/s1. The van der Waals surface area contributed by atoms with Gasteiger partial charge in [0.1, 0.15) is 11.4 Å². The van der Waals surface area contributed by atoms with E-state index in [2.05, 4.69) is 10.6 Å². The van der Waals surface area contributed by atoms with Crippen molar-refractivity contribution >= 4 is 46.5 Å². The van der Waals surface area contributed by atoms with E-state index >= 15 is 4.39 Å². The van der Waals surface area contributed by atoms with E-state index in [0.29, 0.717) is 35.8 Å². The van der Waals surface area contributed by atoms with Crippen molar-refractivity contribution in [3.63, 3.8) is 0 Å². The fourth-order valence-electron chi connectivity index (χ4n) is 4.89. The van der Waals surface area contributed by atoms with Crippen LogP contribution in [0.25, 0.3) is 0 Å². The summed E-state index contributed by atoms with van der Waals surface area (Å²) in [6.07, 6.45) is 2.34. The number of hydrogen-bond donors (Lipinski definition) is 2. The molecule has 2 aliphatic rings. The number of nitrogens with one attached hydrogen (secondary N) is 2. The van der Waals surface area contributed by atoms with Crippen molar-refractivity contribution in [1.29, 1.82) is 0 Å². The van der Waals surface area contributed by atoms with Crippen LogP contribution in [0.15, 0.2) is 42.5 Å². The molecule has 0 aliphatic carbocycles. The molecule has 0 radical (unpaired) electrons. The van der Waals surface area contributed by atoms with Gasteiger partial charge in [0.15, 0.2) is 0 Å². The van der Waals surface area contributed by atoms with Gasteiger partial charge in [-0.15, -0.1) is 0 Å². The summed E-state index contributed by atoms with van der Waals surface area (Å²) >= 11 is 5.93. The Morgan fingerprint density at radius 2 is 1.92 bits per heavy atom. The first kappa shape index (κ1) is 25.9. The summed E-state index contributed by atoms with van der Waals surface area (Å²) in [5, 5.41) is 6.01. The molecule has 0 bridgehead atoms. The third-order valence-corrected chi connectivity index (χ3v) is 7.24. The second-order valence-corrected chi connectivity index (χ2v) is 9.55. The Balaban J connectivity index is 1.55. The third-order valence-electron chi connectivity index (χ3n) is 6.99. The van der Waals surface area contributed by atoms with Crippen molar-refractivity contribution in [3.8, 4) is 0 Å². The Morgan fingerprint density at radius 3 is 2.56 bits per heavy atom. The molecule has 0 aromatic heterocycles. The summed E-state index contributed by atoms with van der Waals surface area (Å²) in [5.74, 6) is -1.19. The van der Waals surface area contributed by atoms with Gasteiger partial charge < -0.3 is 25.2 Å². The molecule has 4 amide bonds. The van der Waals surface area contributed by atoms with Gasteiger partial charge in [-0.25, -0.2) is 9.18 Å². The molecule has 192 valence electrons. The van der Waals surface area contributed by atoms with Crippen molar-refractivity contribution in [2.75, 3.05) is 35.7 Å². The molecule has 36 heavy (non-hydrogen) atoms. The van der Waals surface area contributed by atoms with Crippen LogP contribution in [-0.4, -0.2) is 54.6 Å². The number of ether oxygens (including phenoxy) is 1. The number of nitrogens with zero attached hydrogens (tertiary/aromatic N) is 2. The smallest absolute Gasteiger partial charge is 0.322 e. The fourth-order valence-corrected chi connectivity index (χ4v) is 5.02. The molecule has 2 aliphatic heterocycles. The Hall–Kier alpha value is -3.17. The van der Waals surface area contributed by atoms with E-state index in [1.807, 2.05) is 6.92 Å². The lowest BCUT2D eigenvalue weighted by Gasteiger charge is -2.36. The molecule has 0 spiro atoms. The maximum absolute atomic E-state index is 15.0. The predicted octanol–water partition coefficient (Wildman–Crippen LogP) is 5.04. The molecular formula is C26H30ClFN4O4. The van der Waals surface area contributed by atoms with Crippen LogP contribution in [0, 0.1) is 5.82 Å². The number of hydrogen-bond acceptors (Lipinski definition) is 4. The van der Waals surface area contributed by atoms with Gasteiger partial charge in [0.2, 0.25) is 5.91 Å². The first-order valence-electron chi connectivity index (χ1n) is 12.1. The second-order valence-electron chi connectivity index (χ2n) is 9.12. The van der Waals surface area contributed by atoms with Crippen LogP contribution in [-0.2, 0) is 14.3 Å². The molecule has 2 saturated heterocycles. The molecule has 8 nitrogen and oxygen atoms in total. The van der Waals surface area contributed by atoms with Gasteiger partial charge in [-0.3, -0.25) is 9.59 Å². The zero-order valence-corrected chi connectivity index (χ0v) is 21.1. The number of piperidine rings is 1. The van der Waals surface area contributed by atoms with E-state index in [9.17, 15) is 14.4 Å². The molecule has 2 atom stereocenters. The summed E-state index contributed by atoms with van der Waals surface area (Å²) in [4.78, 5) is 42.1. The van der Waals surface area contributed by atoms with Gasteiger partial charge in [-0.05, 0) is 61.7 Å². The number of amides is 4. The quantitative estimate of drug-likeness (QED) is 0.563. The second kappa shape index (κ2) is 10.8. The maximum Gasteiger partial charge on any atom is 0.322 e. The Bertz CT molecular complexity index is 1150. The van der Waals surface area contributed by atoms with Crippen molar-refractivity contribution in [2.24, 2.45) is 0 Å². The maximum atomic E-state index is 15.0. The minimum atomic E-state index is -1.24. The van der Waals surface area contributed by atoms with E-state index < -0.39 is 23.3 Å². The zero-order valence-electron chi connectivity index (χ0n) is 20.4. The average molecular weight is 517 g/mol. The van der Waals surface area contributed by atoms with E-state index in [0.717, 1.165) is 12.8 Å². The summed E-state index contributed by atoms with van der Waals surface area (Å²) in [6.45, 7) is 2.55. The van der Waals surface area contributed by atoms with Crippen molar-refractivity contribution < 1.29 is 23.5 Å². The largest absolute Gasteiger partial charge is 0.380 e. The molecule has 2 N–H and O–H groups in total. The topological polar surface area (TPSA) is 91.0 Å². The molecule has 2 fully saturated rings. The van der Waals surface area contributed by atoms with Crippen LogP contribution in [0.3, 0.4) is 0 Å². The van der Waals surface area contributed by atoms with Crippen LogP contribution in [0.4, 0.5) is 26.2 Å². The van der Waals surface area contributed by atoms with Crippen LogP contribution in [0.2, 0.25) is 5.02 Å². The van der Waals surface area contributed by atoms with Crippen molar-refractivity contribution in [3.05, 3.63) is 53.3 Å². The summed E-state index contributed by atoms with van der Waals surface area (Å²) < 4.78 is 20.5. The molecule has 2 aromatic rings. The van der Waals surface area contributed by atoms with Gasteiger partial charge >= 0.3 is 6.03 Å². The number of benzene rings is 2. The van der Waals surface area contributed by atoms with Crippen LogP contribution < -0.4 is 15.5 Å². The number of carbonyl (C=O) groups excluding carboxylic acids is 3. The fraction of sp³-hybridized carbons (Fsp3) is 0.423.